The number of benzene rings is 1. The summed E-state index contributed by atoms with van der Waals surface area (Å²) in [6.07, 6.45) is 0. The quantitative estimate of drug-likeness (QED) is 0.601. The van der Waals surface area contributed by atoms with Gasteiger partial charge >= 0.3 is 0 Å². The molecule has 0 aliphatic rings. The van der Waals surface area contributed by atoms with E-state index in [4.69, 9.17) is 4.84 Å². The zero-order valence-corrected chi connectivity index (χ0v) is 10.9. The zero-order valence-electron chi connectivity index (χ0n) is 10.1. The summed E-state index contributed by atoms with van der Waals surface area (Å²) in [5.41, 5.74) is 1.87. The van der Waals surface area contributed by atoms with Gasteiger partial charge in [0.1, 0.15) is 0 Å². The number of carbonyl (C=O) groups excluding carboxylic acids is 1. The van der Waals surface area contributed by atoms with Crippen LogP contribution in [0.3, 0.4) is 0 Å². The van der Waals surface area contributed by atoms with Gasteiger partial charge in [-0.15, -0.1) is 12.4 Å². The largest absolute Gasteiger partial charge is 0.302 e. The molecule has 1 atom stereocenters. The first-order valence-electron chi connectivity index (χ1n) is 4.94. The molecule has 0 saturated carbocycles. The van der Waals surface area contributed by atoms with E-state index < -0.39 is 0 Å². The highest BCUT2D eigenvalue weighted by Crippen LogP contribution is 2.09. The molecule has 90 valence electrons. The first-order chi connectivity index (χ1) is 7.06. The first kappa shape index (κ1) is 15.1. The van der Waals surface area contributed by atoms with Gasteiger partial charge in [-0.3, -0.25) is 4.79 Å². The Morgan fingerprint density at radius 1 is 1.31 bits per heavy atom. The van der Waals surface area contributed by atoms with E-state index in [1.54, 1.807) is 19.2 Å². The zero-order chi connectivity index (χ0) is 11.4. The van der Waals surface area contributed by atoms with Gasteiger partial charge in [0, 0.05) is 12.6 Å². The van der Waals surface area contributed by atoms with Gasteiger partial charge in [0.25, 0.3) is 0 Å². The summed E-state index contributed by atoms with van der Waals surface area (Å²) in [5.74, 6) is 0.0688. The lowest BCUT2D eigenvalue weighted by atomic mass is 10.0. The third kappa shape index (κ3) is 3.59. The van der Waals surface area contributed by atoms with Gasteiger partial charge in [-0.1, -0.05) is 29.8 Å². The average molecular weight is 244 g/mol. The van der Waals surface area contributed by atoms with E-state index >= 15 is 0 Å². The van der Waals surface area contributed by atoms with Crippen LogP contribution in [0.25, 0.3) is 0 Å². The van der Waals surface area contributed by atoms with E-state index in [-0.39, 0.29) is 24.2 Å². The number of hydrogen-bond acceptors (Lipinski definition) is 3. The van der Waals surface area contributed by atoms with Gasteiger partial charge in [0.2, 0.25) is 0 Å². The van der Waals surface area contributed by atoms with Crippen molar-refractivity contribution in [2.75, 3.05) is 14.2 Å². The second-order valence-corrected chi connectivity index (χ2v) is 3.64. The Hall–Kier alpha value is -0.900. The first-order valence-corrected chi connectivity index (χ1v) is 4.94. The fraction of sp³-hybridized carbons (Fsp3) is 0.417. The number of hydroxylamine groups is 2. The van der Waals surface area contributed by atoms with Gasteiger partial charge in [0.15, 0.2) is 5.78 Å². The third-order valence-electron chi connectivity index (χ3n) is 2.55. The standard InChI is InChI=1S/C12H17NO2.ClH/c1-9-5-7-11(8-6-9)12(14)10(2)13(3)15-4;/h5-8,10H,1-4H3;1H. The molecule has 1 unspecified atom stereocenters. The van der Waals surface area contributed by atoms with Crippen LogP contribution in [-0.2, 0) is 4.84 Å². The number of likely N-dealkylation sites (N-methyl/N-ethyl adjacent to an activating group) is 1. The van der Waals surface area contributed by atoms with Crippen molar-refractivity contribution in [3.63, 3.8) is 0 Å². The molecule has 0 N–H and O–H groups in total. The maximum absolute atomic E-state index is 11.9. The van der Waals surface area contributed by atoms with Gasteiger partial charge in [-0.2, -0.15) is 5.06 Å². The molecule has 0 fully saturated rings. The number of hydrogen-bond donors (Lipinski definition) is 0. The molecule has 1 aromatic rings. The molecule has 4 heteroatoms. The molecule has 0 spiro atoms. The summed E-state index contributed by atoms with van der Waals surface area (Å²) in [4.78, 5) is 16.9. The molecule has 0 amide bonds. The number of halogens is 1. The SMILES string of the molecule is CON(C)C(C)C(=O)c1ccc(C)cc1.Cl. The summed E-state index contributed by atoms with van der Waals surface area (Å²) in [6, 6.07) is 7.30. The monoisotopic (exact) mass is 243 g/mol. The molecule has 1 aromatic carbocycles. The molecule has 0 aromatic heterocycles. The van der Waals surface area contributed by atoms with Crippen molar-refractivity contribution in [2.24, 2.45) is 0 Å². The van der Waals surface area contributed by atoms with Crippen molar-refractivity contribution in [1.29, 1.82) is 0 Å². The van der Waals surface area contributed by atoms with Gasteiger partial charge < -0.3 is 4.84 Å². The van der Waals surface area contributed by atoms with Gasteiger partial charge in [0.05, 0.1) is 13.2 Å². The Bertz CT molecular complexity index is 337. The Balaban J connectivity index is 0.00000225. The summed E-state index contributed by atoms with van der Waals surface area (Å²) in [5, 5.41) is 1.54. The molecular formula is C12H18ClNO2. The average Bonchev–Trinajstić information content (AvgIpc) is 2.27. The molecule has 0 saturated heterocycles. The van der Waals surface area contributed by atoms with Crippen LogP contribution in [0.4, 0.5) is 0 Å². The van der Waals surface area contributed by atoms with E-state index in [0.29, 0.717) is 0 Å². The van der Waals surface area contributed by atoms with Crippen LogP contribution in [0.1, 0.15) is 22.8 Å². The van der Waals surface area contributed by atoms with Gasteiger partial charge in [-0.25, -0.2) is 0 Å². The minimum Gasteiger partial charge on any atom is -0.302 e. The van der Waals surface area contributed by atoms with E-state index in [2.05, 4.69) is 0 Å². The Morgan fingerprint density at radius 3 is 2.25 bits per heavy atom. The van der Waals surface area contributed by atoms with Crippen molar-refractivity contribution in [2.45, 2.75) is 19.9 Å². The van der Waals surface area contributed by atoms with Gasteiger partial charge in [-0.05, 0) is 13.8 Å². The Kier molecular flexibility index (Phi) is 6.26. The molecule has 0 aliphatic carbocycles. The van der Waals surface area contributed by atoms with Crippen LogP contribution in [0, 0.1) is 6.92 Å². The second kappa shape index (κ2) is 6.63. The van der Waals surface area contributed by atoms with Crippen molar-refractivity contribution >= 4 is 18.2 Å². The molecule has 0 aliphatic heterocycles. The Labute approximate surface area is 103 Å². The number of carbonyl (C=O) groups is 1. The molecule has 0 radical (unpaired) electrons. The summed E-state index contributed by atoms with van der Waals surface area (Å²) in [6.45, 7) is 3.82. The van der Waals surface area contributed by atoms with E-state index in [1.807, 2.05) is 38.1 Å². The number of nitrogens with zero attached hydrogens (tertiary/aromatic N) is 1. The lowest BCUT2D eigenvalue weighted by Gasteiger charge is -2.20. The third-order valence-corrected chi connectivity index (χ3v) is 2.55. The molecule has 0 heterocycles. The minimum absolute atomic E-state index is 0. The maximum atomic E-state index is 11.9. The molecule has 0 bridgehead atoms. The van der Waals surface area contributed by atoms with Crippen LogP contribution < -0.4 is 0 Å². The highest BCUT2D eigenvalue weighted by molar-refractivity contribution is 5.99. The van der Waals surface area contributed by atoms with E-state index in [0.717, 1.165) is 11.1 Å². The number of ketones is 1. The fourth-order valence-electron chi connectivity index (χ4n) is 1.28. The predicted molar refractivity (Wildman–Crippen MR) is 67.0 cm³/mol. The summed E-state index contributed by atoms with van der Waals surface area (Å²) in [7, 11) is 3.30. The smallest absolute Gasteiger partial charge is 0.182 e. The number of Topliss-reactive ketones (excluding diaryl/α,β-unsaturated/α-hetero) is 1. The highest BCUT2D eigenvalue weighted by atomic mass is 35.5. The van der Waals surface area contributed by atoms with Crippen molar-refractivity contribution in [1.82, 2.24) is 5.06 Å². The van der Waals surface area contributed by atoms with Crippen LogP contribution in [0.5, 0.6) is 0 Å². The highest BCUT2D eigenvalue weighted by Gasteiger charge is 2.19. The molecular weight excluding hydrogens is 226 g/mol. The maximum Gasteiger partial charge on any atom is 0.182 e. The Morgan fingerprint density at radius 2 is 1.81 bits per heavy atom. The van der Waals surface area contributed by atoms with E-state index in [1.165, 1.54) is 0 Å². The van der Waals surface area contributed by atoms with E-state index in [9.17, 15) is 4.79 Å². The van der Waals surface area contributed by atoms with Crippen LogP contribution >= 0.6 is 12.4 Å². The molecule has 3 nitrogen and oxygen atoms in total. The second-order valence-electron chi connectivity index (χ2n) is 3.64. The molecule has 16 heavy (non-hydrogen) atoms. The lowest BCUT2D eigenvalue weighted by molar-refractivity contribution is -0.125. The van der Waals surface area contributed by atoms with Crippen LogP contribution in [-0.4, -0.2) is 31.0 Å². The van der Waals surface area contributed by atoms with Crippen LogP contribution in [0.15, 0.2) is 24.3 Å². The topological polar surface area (TPSA) is 29.5 Å². The predicted octanol–water partition coefficient (Wildman–Crippen LogP) is 2.48. The summed E-state index contributed by atoms with van der Waals surface area (Å²) >= 11 is 0. The van der Waals surface area contributed by atoms with Crippen LogP contribution in [0.2, 0.25) is 0 Å². The van der Waals surface area contributed by atoms with Crippen molar-refractivity contribution in [3.05, 3.63) is 35.4 Å². The molecule has 1 rings (SSSR count). The number of rotatable bonds is 4. The lowest BCUT2D eigenvalue weighted by Crippen LogP contribution is -2.35. The normalized spacial score (nSPS) is 12.1. The van der Waals surface area contributed by atoms with Crippen molar-refractivity contribution in [3.8, 4) is 0 Å². The number of aryl methyl sites for hydroxylation is 1. The fourth-order valence-corrected chi connectivity index (χ4v) is 1.28. The summed E-state index contributed by atoms with van der Waals surface area (Å²) < 4.78 is 0. The minimum atomic E-state index is -0.266. The van der Waals surface area contributed by atoms with Crippen molar-refractivity contribution < 1.29 is 9.63 Å².